The van der Waals surface area contributed by atoms with Gasteiger partial charge in [0.05, 0.1) is 33.7 Å². The molecule has 0 atom stereocenters. The Hall–Kier alpha value is -5.22. The van der Waals surface area contributed by atoms with E-state index in [1.165, 1.54) is 21.9 Å². The zero-order chi connectivity index (χ0) is 30.4. The Bertz CT molecular complexity index is 2120. The number of imidazole rings is 1. The predicted molar refractivity (Wildman–Crippen MR) is 183 cm³/mol. The number of fused-ring (bicyclic) bond motifs is 2. The molecule has 7 aromatic rings. The molecule has 0 bridgehead atoms. The number of phenolic OH excluding ortho intramolecular Hbond substituents is 1. The van der Waals surface area contributed by atoms with Gasteiger partial charge in [-0.15, -0.1) is 0 Å². The van der Waals surface area contributed by atoms with Gasteiger partial charge in [0.1, 0.15) is 11.6 Å². The molecule has 44 heavy (non-hydrogen) atoms. The molecule has 0 saturated carbocycles. The van der Waals surface area contributed by atoms with Gasteiger partial charge in [0.15, 0.2) is 0 Å². The van der Waals surface area contributed by atoms with Crippen molar-refractivity contribution in [2.75, 3.05) is 0 Å². The number of aromatic hydroxyl groups is 1. The fourth-order valence-electron chi connectivity index (χ4n) is 6.33. The molecule has 4 nitrogen and oxygen atoms in total. The van der Waals surface area contributed by atoms with Crippen LogP contribution in [0.15, 0.2) is 121 Å². The summed E-state index contributed by atoms with van der Waals surface area (Å²) in [6, 6.07) is 41.4. The first-order valence-electron chi connectivity index (χ1n) is 15.3. The molecule has 0 radical (unpaired) electrons. The number of hydrogen-bond donors (Lipinski definition) is 1. The minimum Gasteiger partial charge on any atom is -0.507 e. The molecule has 0 saturated heterocycles. The standard InChI is InChI=1S/C40H35N3O/c1-25(2)28-17-10-18-29(26(3)4)39(28)43-36-23-11-20-32(38(36)42-40(43)33-16-7-8-24-37(33)44)35-22-12-21-34(41-35)31-19-9-14-27-13-5-6-15-30(27)31/h5-26,44H,1-4H3. The highest BCUT2D eigenvalue weighted by Crippen LogP contribution is 2.41. The van der Waals surface area contributed by atoms with E-state index in [1.807, 2.05) is 18.2 Å². The van der Waals surface area contributed by atoms with Crippen LogP contribution < -0.4 is 0 Å². The van der Waals surface area contributed by atoms with E-state index in [1.54, 1.807) is 6.07 Å². The lowest BCUT2D eigenvalue weighted by Gasteiger charge is -2.22. The van der Waals surface area contributed by atoms with Gasteiger partial charge in [-0.1, -0.05) is 119 Å². The first-order chi connectivity index (χ1) is 21.4. The summed E-state index contributed by atoms with van der Waals surface area (Å²) in [5.74, 6) is 1.50. The van der Waals surface area contributed by atoms with E-state index in [9.17, 15) is 5.11 Å². The van der Waals surface area contributed by atoms with Crippen LogP contribution in [-0.2, 0) is 0 Å². The minimum atomic E-state index is 0.204. The summed E-state index contributed by atoms with van der Waals surface area (Å²) in [5, 5.41) is 13.5. The molecular weight excluding hydrogens is 538 g/mol. The molecule has 0 spiro atoms. The first kappa shape index (κ1) is 27.6. The van der Waals surface area contributed by atoms with E-state index in [0.29, 0.717) is 23.2 Å². The quantitative estimate of drug-likeness (QED) is 0.215. The van der Waals surface area contributed by atoms with Crippen molar-refractivity contribution in [3.8, 4) is 45.3 Å². The van der Waals surface area contributed by atoms with Crippen LogP contribution in [0, 0.1) is 0 Å². The zero-order valence-electron chi connectivity index (χ0n) is 25.5. The van der Waals surface area contributed by atoms with Crippen LogP contribution in [0.25, 0.3) is 61.4 Å². The molecule has 0 fully saturated rings. The van der Waals surface area contributed by atoms with Crippen molar-refractivity contribution >= 4 is 21.8 Å². The summed E-state index contributed by atoms with van der Waals surface area (Å²) in [4.78, 5) is 10.5. The highest BCUT2D eigenvalue weighted by molar-refractivity contribution is 5.98. The number of rotatable bonds is 6. The third-order valence-corrected chi connectivity index (χ3v) is 8.49. The number of phenols is 1. The smallest absolute Gasteiger partial charge is 0.149 e. The first-order valence-corrected chi connectivity index (χ1v) is 15.3. The van der Waals surface area contributed by atoms with E-state index >= 15 is 0 Å². The Morgan fingerprint density at radius 3 is 1.86 bits per heavy atom. The molecular formula is C40H35N3O. The molecule has 2 heterocycles. The van der Waals surface area contributed by atoms with Crippen LogP contribution in [0.5, 0.6) is 5.75 Å². The monoisotopic (exact) mass is 573 g/mol. The maximum atomic E-state index is 11.1. The Labute approximate surface area is 258 Å². The molecule has 216 valence electrons. The molecule has 1 N–H and O–H groups in total. The van der Waals surface area contributed by atoms with Crippen molar-refractivity contribution in [3.63, 3.8) is 0 Å². The van der Waals surface area contributed by atoms with Crippen molar-refractivity contribution in [1.29, 1.82) is 0 Å². The Kier molecular flexibility index (Phi) is 6.98. The van der Waals surface area contributed by atoms with Crippen LogP contribution in [0.4, 0.5) is 0 Å². The number of para-hydroxylation sites is 3. The summed E-state index contributed by atoms with van der Waals surface area (Å²) in [6.07, 6.45) is 0. The Balaban J connectivity index is 1.52. The normalized spacial score (nSPS) is 11.7. The molecule has 0 amide bonds. The van der Waals surface area contributed by atoms with Gasteiger partial charge in [-0.2, -0.15) is 0 Å². The van der Waals surface area contributed by atoms with Crippen molar-refractivity contribution in [1.82, 2.24) is 14.5 Å². The minimum absolute atomic E-state index is 0.204. The third-order valence-electron chi connectivity index (χ3n) is 8.49. The zero-order valence-corrected chi connectivity index (χ0v) is 25.5. The summed E-state index contributed by atoms with van der Waals surface area (Å²) in [6.45, 7) is 8.93. The fraction of sp³-hybridized carbons (Fsp3) is 0.150. The van der Waals surface area contributed by atoms with Gasteiger partial charge in [0.2, 0.25) is 0 Å². The number of hydrogen-bond acceptors (Lipinski definition) is 3. The maximum Gasteiger partial charge on any atom is 0.149 e. The lowest BCUT2D eigenvalue weighted by atomic mass is 9.92. The van der Waals surface area contributed by atoms with Gasteiger partial charge in [-0.25, -0.2) is 9.97 Å². The molecule has 0 aliphatic rings. The topological polar surface area (TPSA) is 50.9 Å². The SMILES string of the molecule is CC(C)c1cccc(C(C)C)c1-n1c(-c2ccccc2O)nc2c(-c3cccc(-c4cccc5ccccc45)n3)cccc21. The van der Waals surface area contributed by atoms with Crippen LogP contribution >= 0.6 is 0 Å². The van der Waals surface area contributed by atoms with E-state index < -0.39 is 0 Å². The van der Waals surface area contributed by atoms with E-state index in [0.717, 1.165) is 39.2 Å². The molecule has 0 aliphatic carbocycles. The van der Waals surface area contributed by atoms with Gasteiger partial charge < -0.3 is 5.11 Å². The fourth-order valence-corrected chi connectivity index (χ4v) is 6.33. The number of aromatic nitrogens is 3. The Morgan fingerprint density at radius 1 is 0.545 bits per heavy atom. The average molecular weight is 574 g/mol. The summed E-state index contributed by atoms with van der Waals surface area (Å²) >= 11 is 0. The third kappa shape index (κ3) is 4.64. The maximum absolute atomic E-state index is 11.1. The molecule has 2 aromatic heterocycles. The van der Waals surface area contributed by atoms with Crippen LogP contribution in [0.3, 0.4) is 0 Å². The van der Waals surface area contributed by atoms with Crippen molar-refractivity contribution in [3.05, 3.63) is 132 Å². The molecule has 0 unspecified atom stereocenters. The second-order valence-electron chi connectivity index (χ2n) is 12.0. The van der Waals surface area contributed by atoms with Crippen molar-refractivity contribution in [2.45, 2.75) is 39.5 Å². The van der Waals surface area contributed by atoms with Gasteiger partial charge in [0.25, 0.3) is 0 Å². The van der Waals surface area contributed by atoms with Gasteiger partial charge >= 0.3 is 0 Å². The summed E-state index contributed by atoms with van der Waals surface area (Å²) in [5.41, 5.74) is 9.98. The molecule has 7 rings (SSSR count). The van der Waals surface area contributed by atoms with Crippen molar-refractivity contribution < 1.29 is 5.11 Å². The van der Waals surface area contributed by atoms with Crippen molar-refractivity contribution in [2.24, 2.45) is 0 Å². The van der Waals surface area contributed by atoms with Gasteiger partial charge in [-0.05, 0) is 64.1 Å². The summed E-state index contributed by atoms with van der Waals surface area (Å²) in [7, 11) is 0. The van der Waals surface area contributed by atoms with E-state index in [4.69, 9.17) is 9.97 Å². The van der Waals surface area contributed by atoms with Crippen LogP contribution in [0.1, 0.15) is 50.7 Å². The van der Waals surface area contributed by atoms with E-state index in [-0.39, 0.29) is 5.75 Å². The highest BCUT2D eigenvalue weighted by Gasteiger charge is 2.24. The van der Waals surface area contributed by atoms with Crippen LogP contribution in [0.2, 0.25) is 0 Å². The number of benzene rings is 5. The van der Waals surface area contributed by atoms with Gasteiger partial charge in [-0.3, -0.25) is 4.57 Å². The largest absolute Gasteiger partial charge is 0.507 e. The molecule has 0 aliphatic heterocycles. The average Bonchev–Trinajstić information content (AvgIpc) is 3.43. The lowest BCUT2D eigenvalue weighted by molar-refractivity contribution is 0.477. The summed E-state index contributed by atoms with van der Waals surface area (Å²) < 4.78 is 2.26. The second kappa shape index (κ2) is 11.1. The number of nitrogens with zero attached hydrogens (tertiary/aromatic N) is 3. The molecule has 5 aromatic carbocycles. The van der Waals surface area contributed by atoms with E-state index in [2.05, 4.69) is 129 Å². The Morgan fingerprint density at radius 2 is 1.11 bits per heavy atom. The second-order valence-corrected chi connectivity index (χ2v) is 12.0. The lowest BCUT2D eigenvalue weighted by Crippen LogP contribution is -2.08. The highest BCUT2D eigenvalue weighted by atomic mass is 16.3. The van der Waals surface area contributed by atoms with Gasteiger partial charge in [0, 0.05) is 11.1 Å². The molecule has 4 heteroatoms. The number of pyridine rings is 1. The predicted octanol–water partition coefficient (Wildman–Crippen LogP) is 10.5. The van der Waals surface area contributed by atoms with Crippen LogP contribution in [-0.4, -0.2) is 19.6 Å².